The lowest BCUT2D eigenvalue weighted by Gasteiger charge is -2.17. The Kier molecular flexibility index (Phi) is 5.03. The van der Waals surface area contributed by atoms with E-state index in [1.165, 1.54) is 0 Å². The van der Waals surface area contributed by atoms with Crippen LogP contribution >= 0.6 is 15.9 Å². The Bertz CT molecular complexity index is 605. The Morgan fingerprint density at radius 2 is 1.90 bits per heavy atom. The summed E-state index contributed by atoms with van der Waals surface area (Å²) in [6.45, 7) is 2.51. The number of nitriles is 1. The second kappa shape index (κ2) is 6.97. The Morgan fingerprint density at radius 3 is 2.55 bits per heavy atom. The van der Waals surface area contributed by atoms with Crippen LogP contribution in [0.5, 0.6) is 5.75 Å². The zero-order chi connectivity index (χ0) is 14.4. The number of ether oxygens (including phenoxy) is 1. The van der Waals surface area contributed by atoms with Gasteiger partial charge in [-0.2, -0.15) is 5.26 Å². The van der Waals surface area contributed by atoms with Gasteiger partial charge < -0.3 is 10.1 Å². The minimum atomic E-state index is -0.445. The molecule has 0 amide bonds. The highest BCUT2D eigenvalue weighted by Crippen LogP contribution is 2.28. The molecule has 2 aromatic rings. The van der Waals surface area contributed by atoms with Gasteiger partial charge in [-0.15, -0.1) is 0 Å². The summed E-state index contributed by atoms with van der Waals surface area (Å²) >= 11 is 3.39. The third-order valence-corrected chi connectivity index (χ3v) is 3.34. The number of hydrogen-bond acceptors (Lipinski definition) is 3. The third kappa shape index (κ3) is 3.52. The van der Waals surface area contributed by atoms with E-state index in [2.05, 4.69) is 27.3 Å². The van der Waals surface area contributed by atoms with E-state index in [0.29, 0.717) is 6.61 Å². The largest absolute Gasteiger partial charge is 0.493 e. The van der Waals surface area contributed by atoms with Gasteiger partial charge >= 0.3 is 0 Å². The molecule has 3 nitrogen and oxygen atoms in total. The van der Waals surface area contributed by atoms with Crippen LogP contribution in [0, 0.1) is 11.3 Å². The van der Waals surface area contributed by atoms with Crippen LogP contribution in [-0.4, -0.2) is 6.61 Å². The maximum Gasteiger partial charge on any atom is 0.143 e. The van der Waals surface area contributed by atoms with Gasteiger partial charge in [0, 0.05) is 15.7 Å². The molecule has 0 aliphatic carbocycles. The van der Waals surface area contributed by atoms with Crippen LogP contribution in [0.2, 0.25) is 0 Å². The van der Waals surface area contributed by atoms with Crippen molar-refractivity contribution in [2.24, 2.45) is 0 Å². The molecule has 0 spiro atoms. The number of nitrogens with zero attached hydrogens (tertiary/aromatic N) is 1. The molecule has 102 valence electrons. The monoisotopic (exact) mass is 330 g/mol. The Labute approximate surface area is 127 Å². The Hall–Kier alpha value is -1.99. The van der Waals surface area contributed by atoms with E-state index in [0.717, 1.165) is 21.5 Å². The van der Waals surface area contributed by atoms with Gasteiger partial charge in [0.2, 0.25) is 0 Å². The van der Waals surface area contributed by atoms with Crippen molar-refractivity contribution in [1.82, 2.24) is 0 Å². The molecule has 2 rings (SSSR count). The minimum Gasteiger partial charge on any atom is -0.493 e. The van der Waals surface area contributed by atoms with E-state index in [4.69, 9.17) is 4.74 Å². The number of anilines is 1. The first-order valence-electron chi connectivity index (χ1n) is 6.38. The van der Waals surface area contributed by atoms with Crippen molar-refractivity contribution < 1.29 is 4.74 Å². The van der Waals surface area contributed by atoms with Crippen LogP contribution < -0.4 is 10.1 Å². The van der Waals surface area contributed by atoms with Gasteiger partial charge in [-0.05, 0) is 37.3 Å². The highest BCUT2D eigenvalue weighted by Gasteiger charge is 2.15. The molecule has 0 aliphatic rings. The third-order valence-electron chi connectivity index (χ3n) is 2.81. The van der Waals surface area contributed by atoms with Crippen LogP contribution in [0.4, 0.5) is 5.69 Å². The van der Waals surface area contributed by atoms with E-state index < -0.39 is 6.04 Å². The molecule has 2 aromatic carbocycles. The quantitative estimate of drug-likeness (QED) is 0.876. The summed E-state index contributed by atoms with van der Waals surface area (Å²) in [6.07, 6.45) is 0. The molecular formula is C16H15BrN2O. The minimum absolute atomic E-state index is 0.445. The predicted molar refractivity (Wildman–Crippen MR) is 83.7 cm³/mol. The number of rotatable bonds is 5. The van der Waals surface area contributed by atoms with Crippen LogP contribution in [0.3, 0.4) is 0 Å². The second-order valence-corrected chi connectivity index (χ2v) is 5.10. The smallest absolute Gasteiger partial charge is 0.143 e. The first-order valence-corrected chi connectivity index (χ1v) is 7.17. The molecule has 20 heavy (non-hydrogen) atoms. The number of nitrogens with one attached hydrogen (secondary N) is 1. The summed E-state index contributed by atoms with van der Waals surface area (Å²) < 4.78 is 6.58. The van der Waals surface area contributed by atoms with E-state index in [-0.39, 0.29) is 0 Å². The van der Waals surface area contributed by atoms with E-state index in [9.17, 15) is 5.26 Å². The molecule has 1 unspecified atom stereocenters. The summed E-state index contributed by atoms with van der Waals surface area (Å²) in [5.74, 6) is 0.742. The SMILES string of the molecule is CCOc1ccccc1C(C#N)Nc1ccc(Br)cc1. The lowest BCUT2D eigenvalue weighted by molar-refractivity contribution is 0.336. The zero-order valence-electron chi connectivity index (χ0n) is 11.1. The molecule has 0 aromatic heterocycles. The van der Waals surface area contributed by atoms with Crippen molar-refractivity contribution in [3.05, 3.63) is 58.6 Å². The molecule has 4 heteroatoms. The standard InChI is InChI=1S/C16H15BrN2O/c1-2-20-16-6-4-3-5-14(16)15(11-18)19-13-9-7-12(17)8-10-13/h3-10,15,19H,2H2,1H3. The van der Waals surface area contributed by atoms with Crippen LogP contribution in [0.15, 0.2) is 53.0 Å². The summed E-state index contributed by atoms with van der Waals surface area (Å²) in [4.78, 5) is 0. The zero-order valence-corrected chi connectivity index (χ0v) is 12.7. The summed E-state index contributed by atoms with van der Waals surface area (Å²) in [7, 11) is 0. The molecule has 1 N–H and O–H groups in total. The van der Waals surface area contributed by atoms with E-state index in [1.807, 2.05) is 55.5 Å². The maximum absolute atomic E-state index is 9.41. The molecule has 0 fully saturated rings. The van der Waals surface area contributed by atoms with Gasteiger partial charge in [0.15, 0.2) is 0 Å². The molecule has 0 radical (unpaired) electrons. The van der Waals surface area contributed by atoms with Gasteiger partial charge in [-0.1, -0.05) is 34.1 Å². The molecule has 0 aliphatic heterocycles. The van der Waals surface area contributed by atoms with Gasteiger partial charge in [0.25, 0.3) is 0 Å². The molecule has 0 saturated carbocycles. The highest BCUT2D eigenvalue weighted by atomic mass is 79.9. The van der Waals surface area contributed by atoms with Gasteiger partial charge in [0.05, 0.1) is 12.7 Å². The fourth-order valence-electron chi connectivity index (χ4n) is 1.90. The lowest BCUT2D eigenvalue weighted by atomic mass is 10.1. The van der Waals surface area contributed by atoms with Gasteiger partial charge in [0.1, 0.15) is 11.8 Å². The Morgan fingerprint density at radius 1 is 1.20 bits per heavy atom. The number of hydrogen-bond donors (Lipinski definition) is 1. The van der Waals surface area contributed by atoms with Crippen LogP contribution in [0.25, 0.3) is 0 Å². The van der Waals surface area contributed by atoms with E-state index in [1.54, 1.807) is 0 Å². The second-order valence-electron chi connectivity index (χ2n) is 4.18. The van der Waals surface area contributed by atoms with E-state index >= 15 is 0 Å². The van der Waals surface area contributed by atoms with Gasteiger partial charge in [-0.25, -0.2) is 0 Å². The predicted octanol–water partition coefficient (Wildman–Crippen LogP) is 4.52. The van der Waals surface area contributed by atoms with Gasteiger partial charge in [-0.3, -0.25) is 0 Å². The molecule has 0 saturated heterocycles. The molecule has 1 atom stereocenters. The lowest BCUT2D eigenvalue weighted by Crippen LogP contribution is -2.10. The van der Waals surface area contributed by atoms with Crippen molar-refractivity contribution in [2.75, 3.05) is 11.9 Å². The van der Waals surface area contributed by atoms with Crippen molar-refractivity contribution in [1.29, 1.82) is 5.26 Å². The summed E-state index contributed by atoms with van der Waals surface area (Å²) in [5.41, 5.74) is 1.74. The van der Waals surface area contributed by atoms with Crippen molar-refractivity contribution in [3.63, 3.8) is 0 Å². The first-order chi connectivity index (χ1) is 9.74. The van der Waals surface area contributed by atoms with Crippen LogP contribution in [-0.2, 0) is 0 Å². The van der Waals surface area contributed by atoms with Crippen molar-refractivity contribution in [3.8, 4) is 11.8 Å². The highest BCUT2D eigenvalue weighted by molar-refractivity contribution is 9.10. The van der Waals surface area contributed by atoms with Crippen molar-refractivity contribution in [2.45, 2.75) is 13.0 Å². The fraction of sp³-hybridized carbons (Fsp3) is 0.188. The number of benzene rings is 2. The number of halogens is 1. The first kappa shape index (κ1) is 14.4. The van der Waals surface area contributed by atoms with Crippen LogP contribution in [0.1, 0.15) is 18.5 Å². The van der Waals surface area contributed by atoms with Crippen molar-refractivity contribution >= 4 is 21.6 Å². The topological polar surface area (TPSA) is 45.0 Å². The molecular weight excluding hydrogens is 316 g/mol. The molecule has 0 heterocycles. The summed E-state index contributed by atoms with van der Waals surface area (Å²) in [5, 5.41) is 12.6. The molecule has 0 bridgehead atoms. The maximum atomic E-state index is 9.41. The average Bonchev–Trinajstić information content (AvgIpc) is 2.48. The fourth-order valence-corrected chi connectivity index (χ4v) is 2.16. The summed E-state index contributed by atoms with van der Waals surface area (Å²) in [6, 6.07) is 17.2. The Balaban J connectivity index is 2.24. The number of para-hydroxylation sites is 1. The normalized spacial score (nSPS) is 11.4. The average molecular weight is 331 g/mol.